The van der Waals surface area contributed by atoms with Crippen molar-refractivity contribution >= 4 is 11.3 Å². The third-order valence-electron chi connectivity index (χ3n) is 4.10. The molecule has 0 spiro atoms. The zero-order valence-electron chi connectivity index (χ0n) is 9.78. The van der Waals surface area contributed by atoms with Crippen LogP contribution in [0.15, 0.2) is 22.9 Å². The van der Waals surface area contributed by atoms with Crippen molar-refractivity contribution in [3.8, 4) is 0 Å². The standard InChI is InChI=1S/C14H19NS/c1-10-8-16-9-14(10)7-15-6-13-5-11-2-3-12(13)4-11/h2-3,8-9,11-13,15H,4-7H2,1H3. The minimum atomic E-state index is 0.876. The second kappa shape index (κ2) is 4.34. The number of hydrogen-bond donors (Lipinski definition) is 1. The first kappa shape index (κ1) is 10.5. The third kappa shape index (κ3) is 1.96. The highest BCUT2D eigenvalue weighted by Crippen LogP contribution is 2.42. The summed E-state index contributed by atoms with van der Waals surface area (Å²) in [6.07, 6.45) is 7.70. The number of allylic oxidation sites excluding steroid dienone is 2. The van der Waals surface area contributed by atoms with Crippen LogP contribution >= 0.6 is 11.3 Å². The maximum absolute atomic E-state index is 3.63. The Morgan fingerprint density at radius 2 is 2.25 bits per heavy atom. The molecule has 1 fully saturated rings. The minimum Gasteiger partial charge on any atom is -0.312 e. The Morgan fingerprint density at radius 1 is 1.31 bits per heavy atom. The molecule has 0 radical (unpaired) electrons. The number of rotatable bonds is 4. The molecule has 2 bridgehead atoms. The van der Waals surface area contributed by atoms with Crippen LogP contribution in [-0.2, 0) is 6.54 Å². The summed E-state index contributed by atoms with van der Waals surface area (Å²) < 4.78 is 0. The maximum Gasteiger partial charge on any atom is 0.0216 e. The van der Waals surface area contributed by atoms with Gasteiger partial charge in [0.05, 0.1) is 0 Å². The van der Waals surface area contributed by atoms with Crippen molar-refractivity contribution in [1.29, 1.82) is 0 Å². The Kier molecular flexibility index (Phi) is 2.86. The lowest BCUT2D eigenvalue weighted by molar-refractivity contribution is 0.414. The molecule has 0 saturated heterocycles. The van der Waals surface area contributed by atoms with Crippen molar-refractivity contribution < 1.29 is 0 Å². The molecule has 2 aliphatic carbocycles. The van der Waals surface area contributed by atoms with Crippen LogP contribution in [0.2, 0.25) is 0 Å². The van der Waals surface area contributed by atoms with Crippen molar-refractivity contribution in [2.45, 2.75) is 26.3 Å². The predicted octanol–water partition coefficient (Wildman–Crippen LogP) is 3.36. The molecule has 16 heavy (non-hydrogen) atoms. The maximum atomic E-state index is 3.63. The van der Waals surface area contributed by atoms with Gasteiger partial charge in [0, 0.05) is 6.54 Å². The Labute approximate surface area is 102 Å². The molecule has 0 aromatic carbocycles. The van der Waals surface area contributed by atoms with Gasteiger partial charge in [-0.2, -0.15) is 11.3 Å². The Hall–Kier alpha value is -0.600. The van der Waals surface area contributed by atoms with E-state index in [2.05, 4.69) is 35.2 Å². The van der Waals surface area contributed by atoms with Crippen molar-refractivity contribution in [3.63, 3.8) is 0 Å². The highest BCUT2D eigenvalue weighted by atomic mass is 32.1. The molecule has 1 N–H and O–H groups in total. The molecule has 3 atom stereocenters. The average molecular weight is 233 g/mol. The predicted molar refractivity (Wildman–Crippen MR) is 69.6 cm³/mol. The van der Waals surface area contributed by atoms with Gasteiger partial charge in [-0.3, -0.25) is 0 Å². The summed E-state index contributed by atoms with van der Waals surface area (Å²) in [5, 5.41) is 8.13. The van der Waals surface area contributed by atoms with Crippen molar-refractivity contribution in [3.05, 3.63) is 34.0 Å². The largest absolute Gasteiger partial charge is 0.312 e. The van der Waals surface area contributed by atoms with Gasteiger partial charge in [0.25, 0.3) is 0 Å². The van der Waals surface area contributed by atoms with E-state index in [4.69, 9.17) is 0 Å². The molecule has 0 amide bonds. The molecule has 1 aromatic heterocycles. The SMILES string of the molecule is Cc1cscc1CNCC1CC2C=CC1C2. The first-order chi connectivity index (χ1) is 7.83. The normalized spacial score (nSPS) is 31.4. The summed E-state index contributed by atoms with van der Waals surface area (Å²) in [5.74, 6) is 2.68. The molecule has 1 nitrogen and oxygen atoms in total. The van der Waals surface area contributed by atoms with Crippen LogP contribution in [0.4, 0.5) is 0 Å². The Morgan fingerprint density at radius 3 is 2.88 bits per heavy atom. The first-order valence-electron chi connectivity index (χ1n) is 6.23. The fourth-order valence-electron chi connectivity index (χ4n) is 3.09. The molecule has 1 saturated carbocycles. The number of hydrogen-bond acceptors (Lipinski definition) is 2. The molecule has 86 valence electrons. The van der Waals surface area contributed by atoms with E-state index in [-0.39, 0.29) is 0 Å². The molecule has 3 unspecified atom stereocenters. The van der Waals surface area contributed by atoms with Gasteiger partial charge in [0.15, 0.2) is 0 Å². The minimum absolute atomic E-state index is 0.876. The van der Waals surface area contributed by atoms with Crippen LogP contribution in [0, 0.1) is 24.7 Å². The molecule has 3 rings (SSSR count). The molecular weight excluding hydrogens is 214 g/mol. The summed E-state index contributed by atoms with van der Waals surface area (Å²) in [4.78, 5) is 0. The van der Waals surface area contributed by atoms with Crippen LogP contribution in [0.5, 0.6) is 0 Å². The first-order valence-corrected chi connectivity index (χ1v) is 7.18. The molecule has 2 aliphatic rings. The van der Waals surface area contributed by atoms with Gasteiger partial charge in [-0.05, 0) is 66.0 Å². The molecule has 0 aliphatic heterocycles. The molecular formula is C14H19NS. The summed E-state index contributed by atoms with van der Waals surface area (Å²) in [6.45, 7) is 4.45. The second-order valence-corrected chi connectivity index (χ2v) is 5.99. The van der Waals surface area contributed by atoms with E-state index in [0.717, 1.165) is 24.3 Å². The van der Waals surface area contributed by atoms with Crippen molar-refractivity contribution in [2.75, 3.05) is 6.54 Å². The molecule has 1 aromatic rings. The van der Waals surface area contributed by atoms with Gasteiger partial charge in [-0.25, -0.2) is 0 Å². The lowest BCUT2D eigenvalue weighted by atomic mass is 9.93. The third-order valence-corrected chi connectivity index (χ3v) is 5.01. The van der Waals surface area contributed by atoms with Gasteiger partial charge >= 0.3 is 0 Å². The van der Waals surface area contributed by atoms with Crippen LogP contribution < -0.4 is 5.32 Å². The van der Waals surface area contributed by atoms with Gasteiger partial charge in [-0.15, -0.1) is 0 Å². The van der Waals surface area contributed by atoms with E-state index >= 15 is 0 Å². The fraction of sp³-hybridized carbons (Fsp3) is 0.571. The van der Waals surface area contributed by atoms with Gasteiger partial charge in [0.1, 0.15) is 0 Å². The monoisotopic (exact) mass is 233 g/mol. The van der Waals surface area contributed by atoms with Crippen LogP contribution in [0.1, 0.15) is 24.0 Å². The van der Waals surface area contributed by atoms with E-state index in [0.29, 0.717) is 0 Å². The summed E-state index contributed by atoms with van der Waals surface area (Å²) >= 11 is 1.81. The van der Waals surface area contributed by atoms with Gasteiger partial charge in [0.2, 0.25) is 0 Å². The summed E-state index contributed by atoms with van der Waals surface area (Å²) in [7, 11) is 0. The highest BCUT2D eigenvalue weighted by Gasteiger charge is 2.34. The van der Waals surface area contributed by atoms with E-state index in [9.17, 15) is 0 Å². The topological polar surface area (TPSA) is 12.0 Å². The van der Waals surface area contributed by atoms with E-state index in [1.807, 2.05) is 11.3 Å². The molecule has 1 heterocycles. The van der Waals surface area contributed by atoms with E-state index in [1.54, 1.807) is 0 Å². The lowest BCUT2D eigenvalue weighted by Crippen LogP contribution is -2.25. The smallest absolute Gasteiger partial charge is 0.0216 e. The Balaban J connectivity index is 1.48. The zero-order valence-corrected chi connectivity index (χ0v) is 10.6. The summed E-state index contributed by atoms with van der Waals surface area (Å²) in [5.41, 5.74) is 2.91. The summed E-state index contributed by atoms with van der Waals surface area (Å²) in [6, 6.07) is 0. The lowest BCUT2D eigenvalue weighted by Gasteiger charge is -2.18. The van der Waals surface area contributed by atoms with Crippen molar-refractivity contribution in [2.24, 2.45) is 17.8 Å². The van der Waals surface area contributed by atoms with E-state index in [1.165, 1.54) is 30.5 Å². The quantitative estimate of drug-likeness (QED) is 0.786. The van der Waals surface area contributed by atoms with Crippen LogP contribution in [0.25, 0.3) is 0 Å². The number of fused-ring (bicyclic) bond motifs is 2. The average Bonchev–Trinajstić information content (AvgIpc) is 2.96. The Bertz CT molecular complexity index is 393. The van der Waals surface area contributed by atoms with Crippen LogP contribution in [0.3, 0.4) is 0 Å². The van der Waals surface area contributed by atoms with Crippen molar-refractivity contribution in [1.82, 2.24) is 5.32 Å². The number of aryl methyl sites for hydroxylation is 1. The van der Waals surface area contributed by atoms with Crippen LogP contribution in [-0.4, -0.2) is 6.54 Å². The fourth-order valence-corrected chi connectivity index (χ4v) is 3.95. The van der Waals surface area contributed by atoms with Gasteiger partial charge < -0.3 is 5.32 Å². The highest BCUT2D eigenvalue weighted by molar-refractivity contribution is 7.08. The molecule has 2 heteroatoms. The van der Waals surface area contributed by atoms with E-state index < -0.39 is 0 Å². The zero-order chi connectivity index (χ0) is 11.0. The van der Waals surface area contributed by atoms with Gasteiger partial charge in [-0.1, -0.05) is 12.2 Å². The number of nitrogens with one attached hydrogen (secondary N) is 1. The second-order valence-electron chi connectivity index (χ2n) is 5.25. The number of thiophene rings is 1.